The van der Waals surface area contributed by atoms with Crippen LogP contribution >= 0.6 is 0 Å². The summed E-state index contributed by atoms with van der Waals surface area (Å²) >= 11 is 0. The van der Waals surface area contributed by atoms with Crippen LogP contribution in [0.2, 0.25) is 0 Å². The third-order valence-electron chi connectivity index (χ3n) is 4.57. The minimum atomic E-state index is -0.607. The van der Waals surface area contributed by atoms with Gasteiger partial charge in [-0.2, -0.15) is 5.26 Å². The van der Waals surface area contributed by atoms with Crippen LogP contribution in [0.4, 0.5) is 0 Å². The molecule has 8 heteroatoms. The van der Waals surface area contributed by atoms with E-state index in [1.165, 1.54) is 25.3 Å². The van der Waals surface area contributed by atoms with Crippen molar-refractivity contribution in [2.24, 2.45) is 0 Å². The van der Waals surface area contributed by atoms with Gasteiger partial charge in [-0.05, 0) is 67.8 Å². The van der Waals surface area contributed by atoms with Gasteiger partial charge in [0.2, 0.25) is 0 Å². The maximum Gasteiger partial charge on any atom is 0.336 e. The zero-order chi connectivity index (χ0) is 25.8. The van der Waals surface area contributed by atoms with Gasteiger partial charge in [0.1, 0.15) is 11.6 Å². The van der Waals surface area contributed by atoms with Crippen LogP contribution < -0.4 is 24.3 Å². The van der Waals surface area contributed by atoms with Crippen molar-refractivity contribution in [2.45, 2.75) is 33.3 Å². The monoisotopic (exact) mass is 478 g/mol. The highest BCUT2D eigenvalue weighted by Gasteiger charge is 2.12. The number of nitrogens with one attached hydrogen (secondary N) is 1. The van der Waals surface area contributed by atoms with Crippen molar-refractivity contribution in [3.8, 4) is 29.1 Å². The van der Waals surface area contributed by atoms with Crippen LogP contribution in [0.25, 0.3) is 12.2 Å². The first-order valence-corrected chi connectivity index (χ1v) is 11.1. The number of carbonyl (C=O) groups excluding carboxylic acids is 2. The number of esters is 1. The molecule has 1 N–H and O–H groups in total. The van der Waals surface area contributed by atoms with Crippen LogP contribution in [-0.4, -0.2) is 38.7 Å². The number of nitrogens with zero attached hydrogens (tertiary/aromatic N) is 1. The number of carbonyl (C=O) groups is 2. The summed E-state index contributed by atoms with van der Waals surface area (Å²) in [6.07, 6.45) is 5.09. The molecule has 0 fully saturated rings. The highest BCUT2D eigenvalue weighted by molar-refractivity contribution is 6.01. The molecule has 35 heavy (non-hydrogen) atoms. The van der Waals surface area contributed by atoms with Gasteiger partial charge >= 0.3 is 5.97 Å². The molecule has 2 aromatic rings. The lowest BCUT2D eigenvalue weighted by molar-refractivity contribution is -0.129. The van der Waals surface area contributed by atoms with E-state index in [0.29, 0.717) is 23.6 Å². The molecule has 0 aliphatic rings. The third kappa shape index (κ3) is 8.23. The molecule has 0 atom stereocenters. The molecule has 0 aliphatic carbocycles. The summed E-state index contributed by atoms with van der Waals surface area (Å²) < 4.78 is 21.8. The van der Waals surface area contributed by atoms with Crippen molar-refractivity contribution < 1.29 is 28.5 Å². The van der Waals surface area contributed by atoms with E-state index in [2.05, 4.69) is 5.32 Å². The number of ether oxygens (including phenoxy) is 4. The molecule has 184 valence electrons. The molecule has 0 saturated heterocycles. The van der Waals surface area contributed by atoms with E-state index in [9.17, 15) is 14.9 Å². The second-order valence-corrected chi connectivity index (χ2v) is 7.67. The maximum absolute atomic E-state index is 12.4. The molecule has 8 nitrogen and oxygen atoms in total. The Morgan fingerprint density at radius 3 is 2.26 bits per heavy atom. The van der Waals surface area contributed by atoms with Crippen LogP contribution in [0.5, 0.6) is 23.0 Å². The maximum atomic E-state index is 12.4. The number of methoxy groups -OCH3 is 2. The molecule has 0 saturated carbocycles. The smallest absolute Gasteiger partial charge is 0.336 e. The number of hydrogen-bond donors (Lipinski definition) is 1. The Bertz CT molecular complexity index is 1140. The van der Waals surface area contributed by atoms with Crippen molar-refractivity contribution in [3.05, 3.63) is 59.2 Å². The highest BCUT2D eigenvalue weighted by Crippen LogP contribution is 2.31. The molecule has 0 bridgehead atoms. The molecule has 0 heterocycles. The molecule has 0 unspecified atom stereocenters. The molecule has 0 aromatic heterocycles. The lowest BCUT2D eigenvalue weighted by Gasteiger charge is -2.13. The zero-order valence-corrected chi connectivity index (χ0v) is 20.6. The van der Waals surface area contributed by atoms with Gasteiger partial charge in [0.15, 0.2) is 23.0 Å². The van der Waals surface area contributed by atoms with Gasteiger partial charge < -0.3 is 24.3 Å². The first-order valence-electron chi connectivity index (χ1n) is 11.1. The lowest BCUT2D eigenvalue weighted by Crippen LogP contribution is -2.25. The minimum Gasteiger partial charge on any atom is -0.493 e. The number of amides is 1. The van der Waals surface area contributed by atoms with E-state index in [0.717, 1.165) is 12.0 Å². The fourth-order valence-corrected chi connectivity index (χ4v) is 2.95. The van der Waals surface area contributed by atoms with E-state index in [1.807, 2.05) is 26.8 Å². The molecule has 0 radical (unpaired) electrons. The van der Waals surface area contributed by atoms with Gasteiger partial charge in [0.05, 0.1) is 20.3 Å². The predicted octanol–water partition coefficient (Wildman–Crippen LogP) is 4.54. The Hall–Kier alpha value is -4.25. The molecule has 2 aromatic carbocycles. The molecule has 2 rings (SSSR count). The van der Waals surface area contributed by atoms with Gasteiger partial charge in [-0.15, -0.1) is 0 Å². The van der Waals surface area contributed by atoms with E-state index >= 15 is 0 Å². The number of hydrogen-bond acceptors (Lipinski definition) is 7. The number of rotatable bonds is 11. The number of nitriles is 1. The van der Waals surface area contributed by atoms with Crippen LogP contribution in [0, 0.1) is 11.3 Å². The molecular formula is C27H30N2O6. The zero-order valence-electron chi connectivity index (χ0n) is 20.6. The largest absolute Gasteiger partial charge is 0.493 e. The highest BCUT2D eigenvalue weighted by atomic mass is 16.6. The summed E-state index contributed by atoms with van der Waals surface area (Å²) in [4.78, 5) is 24.5. The Balaban J connectivity index is 2.15. The first kappa shape index (κ1) is 27.0. The Morgan fingerprint density at radius 2 is 1.63 bits per heavy atom. The Morgan fingerprint density at radius 1 is 1.00 bits per heavy atom. The molecular weight excluding hydrogens is 448 g/mol. The van der Waals surface area contributed by atoms with E-state index in [4.69, 9.17) is 18.9 Å². The summed E-state index contributed by atoms with van der Waals surface area (Å²) in [6.45, 7) is 6.25. The lowest BCUT2D eigenvalue weighted by atomic mass is 10.1. The van der Waals surface area contributed by atoms with Gasteiger partial charge in [-0.3, -0.25) is 4.79 Å². The van der Waals surface area contributed by atoms with Crippen LogP contribution in [0.3, 0.4) is 0 Å². The summed E-state index contributed by atoms with van der Waals surface area (Å²) in [6, 6.07) is 12.0. The summed E-state index contributed by atoms with van der Waals surface area (Å²) in [7, 11) is 2.98. The van der Waals surface area contributed by atoms with Crippen LogP contribution in [-0.2, 0) is 9.59 Å². The summed E-state index contributed by atoms with van der Waals surface area (Å²) in [5.74, 6) is 0.595. The fraction of sp³-hybridized carbons (Fsp3) is 0.296. The first-order chi connectivity index (χ1) is 16.8. The summed E-state index contributed by atoms with van der Waals surface area (Å²) in [5, 5.41) is 12.0. The standard InChI is InChI=1S/C27H30N2O6/c1-6-13-29-27(31)21(17-28)14-20-8-11-23(25(16-20)33-5)35-26(30)12-9-19-7-10-22(34-18(2)3)24(15-19)32-4/h7-12,14-16,18H,6,13H2,1-5H3,(H,29,31)/b12-9+,21-14+. The third-order valence-corrected chi connectivity index (χ3v) is 4.57. The second-order valence-electron chi connectivity index (χ2n) is 7.67. The number of benzene rings is 2. The van der Waals surface area contributed by atoms with Crippen LogP contribution in [0.1, 0.15) is 38.3 Å². The van der Waals surface area contributed by atoms with Crippen LogP contribution in [0.15, 0.2) is 48.0 Å². The van der Waals surface area contributed by atoms with Gasteiger partial charge in [-0.1, -0.05) is 19.1 Å². The summed E-state index contributed by atoms with van der Waals surface area (Å²) in [5.41, 5.74) is 1.25. The molecule has 0 aliphatic heterocycles. The quantitative estimate of drug-likeness (QED) is 0.219. The fourth-order valence-electron chi connectivity index (χ4n) is 2.95. The van der Waals surface area contributed by atoms with Crippen molar-refractivity contribution >= 4 is 24.0 Å². The van der Waals surface area contributed by atoms with E-state index < -0.39 is 11.9 Å². The SMILES string of the molecule is CCCNC(=O)/C(C#N)=C/c1ccc(OC(=O)/C=C/c2ccc(OC(C)C)c(OC)c2)c(OC)c1. The second kappa shape index (κ2) is 13.5. The average molecular weight is 479 g/mol. The van der Waals surface area contributed by atoms with E-state index in [1.54, 1.807) is 43.5 Å². The van der Waals surface area contributed by atoms with Crippen molar-refractivity contribution in [1.29, 1.82) is 5.26 Å². The molecule has 1 amide bonds. The van der Waals surface area contributed by atoms with Gasteiger partial charge in [0.25, 0.3) is 5.91 Å². The predicted molar refractivity (Wildman–Crippen MR) is 133 cm³/mol. The van der Waals surface area contributed by atoms with Crippen molar-refractivity contribution in [3.63, 3.8) is 0 Å². The average Bonchev–Trinajstić information content (AvgIpc) is 2.85. The Kier molecular flexibility index (Phi) is 10.4. The van der Waals surface area contributed by atoms with Crippen molar-refractivity contribution in [2.75, 3.05) is 20.8 Å². The topological polar surface area (TPSA) is 107 Å². The molecule has 0 spiro atoms. The minimum absolute atomic E-state index is 0.00170. The van der Waals surface area contributed by atoms with Gasteiger partial charge in [-0.25, -0.2) is 4.79 Å². The van der Waals surface area contributed by atoms with Crippen molar-refractivity contribution in [1.82, 2.24) is 5.32 Å². The van der Waals surface area contributed by atoms with Gasteiger partial charge in [0, 0.05) is 12.6 Å². The Labute approximate surface area is 205 Å². The van der Waals surface area contributed by atoms with E-state index in [-0.39, 0.29) is 23.2 Å². The normalized spacial score (nSPS) is 11.2.